The maximum atomic E-state index is 14.5. The van der Waals surface area contributed by atoms with Crippen LogP contribution in [0.1, 0.15) is 21.6 Å². The molecule has 0 atom stereocenters. The number of alkyl halides is 3. The Hall–Kier alpha value is -2.00. The molecule has 0 saturated carbocycles. The number of aromatic carboxylic acids is 1. The van der Waals surface area contributed by atoms with Crippen molar-refractivity contribution in [1.29, 1.82) is 0 Å². The molecule has 1 aliphatic heterocycles. The van der Waals surface area contributed by atoms with E-state index in [1.54, 1.807) is 0 Å². The van der Waals surface area contributed by atoms with Crippen molar-refractivity contribution in [1.82, 2.24) is 4.98 Å². The van der Waals surface area contributed by atoms with Crippen LogP contribution in [0.25, 0.3) is 11.1 Å². The quantitative estimate of drug-likeness (QED) is 0.678. The van der Waals surface area contributed by atoms with Crippen molar-refractivity contribution < 1.29 is 27.5 Å². The minimum absolute atomic E-state index is 0.261. The van der Waals surface area contributed by atoms with E-state index in [2.05, 4.69) is 4.98 Å². The van der Waals surface area contributed by atoms with Gasteiger partial charge in [-0.2, -0.15) is 13.2 Å². The molecular weight excluding hydrogens is 390 g/mol. The van der Waals surface area contributed by atoms with E-state index in [1.807, 2.05) is 11.5 Å². The Morgan fingerprint density at radius 3 is 2.69 bits per heavy atom. The molecule has 0 amide bonds. The number of carbonyl (C=O) groups is 1. The fourth-order valence-corrected chi connectivity index (χ4v) is 4.51. The first-order valence-electron chi connectivity index (χ1n) is 7.31. The van der Waals surface area contributed by atoms with E-state index in [-0.39, 0.29) is 10.5 Å². The van der Waals surface area contributed by atoms with Crippen LogP contribution >= 0.6 is 23.5 Å². The summed E-state index contributed by atoms with van der Waals surface area (Å²) in [6.07, 6.45) is -2.03. The third kappa shape index (κ3) is 3.59. The minimum atomic E-state index is -4.83. The highest BCUT2D eigenvalue weighted by atomic mass is 32.2. The summed E-state index contributed by atoms with van der Waals surface area (Å²) < 4.78 is 54.9. The summed E-state index contributed by atoms with van der Waals surface area (Å²) >= 11 is 2.53. The number of carboxylic acids is 1. The number of thioether (sulfide) groups is 2. The smallest absolute Gasteiger partial charge is 0.417 e. The van der Waals surface area contributed by atoms with Crippen LogP contribution in [0, 0.1) is 5.82 Å². The van der Waals surface area contributed by atoms with Crippen LogP contribution in [0.5, 0.6) is 0 Å². The van der Waals surface area contributed by atoms with E-state index in [1.165, 1.54) is 11.8 Å². The third-order valence-corrected chi connectivity index (χ3v) is 5.56. The molecule has 0 saturated heterocycles. The molecule has 0 radical (unpaired) electrons. The van der Waals surface area contributed by atoms with E-state index in [0.29, 0.717) is 17.2 Å². The number of hydrogen-bond donors (Lipinski definition) is 1. The van der Waals surface area contributed by atoms with Gasteiger partial charge in [0.05, 0.1) is 16.8 Å². The zero-order chi connectivity index (χ0) is 18.9. The minimum Gasteiger partial charge on any atom is -0.478 e. The van der Waals surface area contributed by atoms with Crippen molar-refractivity contribution in [3.05, 3.63) is 58.5 Å². The van der Waals surface area contributed by atoms with Crippen molar-refractivity contribution in [3.63, 3.8) is 0 Å². The lowest BCUT2D eigenvalue weighted by molar-refractivity contribution is -0.137. The number of hydrogen-bond acceptors (Lipinski definition) is 4. The average molecular weight is 401 g/mol. The first kappa shape index (κ1) is 18.8. The molecule has 1 N–H and O–H groups in total. The van der Waals surface area contributed by atoms with Gasteiger partial charge in [-0.15, -0.1) is 23.5 Å². The second-order valence-corrected chi connectivity index (χ2v) is 7.21. The molecule has 0 unspecified atom stereocenters. The van der Waals surface area contributed by atoms with Crippen molar-refractivity contribution in [2.75, 3.05) is 5.75 Å². The fraction of sp³-hybridized carbons (Fsp3) is 0.176. The molecule has 1 aliphatic rings. The first-order valence-corrected chi connectivity index (χ1v) is 9.34. The Morgan fingerprint density at radius 1 is 1.23 bits per heavy atom. The van der Waals surface area contributed by atoms with E-state index >= 15 is 0 Å². The van der Waals surface area contributed by atoms with E-state index < -0.39 is 34.7 Å². The van der Waals surface area contributed by atoms with E-state index in [9.17, 15) is 27.5 Å². The van der Waals surface area contributed by atoms with Gasteiger partial charge in [0.15, 0.2) is 0 Å². The van der Waals surface area contributed by atoms with Crippen LogP contribution < -0.4 is 0 Å². The second kappa shape index (κ2) is 7.32. The number of halogens is 4. The molecule has 2 heterocycles. The molecular formula is C17H11F4NO2S2. The van der Waals surface area contributed by atoms with Gasteiger partial charge in [0, 0.05) is 33.7 Å². The average Bonchev–Trinajstić information content (AvgIpc) is 2.53. The van der Waals surface area contributed by atoms with E-state index in [0.717, 1.165) is 36.2 Å². The largest absolute Gasteiger partial charge is 0.478 e. The summed E-state index contributed by atoms with van der Waals surface area (Å²) in [6, 6.07) is 2.60. The molecule has 0 bridgehead atoms. The van der Waals surface area contributed by atoms with Crippen LogP contribution in [-0.4, -0.2) is 21.8 Å². The predicted molar refractivity (Wildman–Crippen MR) is 92.8 cm³/mol. The molecule has 3 nitrogen and oxygen atoms in total. The maximum absolute atomic E-state index is 14.5. The number of carboxylic acid groups (broad SMARTS) is 1. The summed E-state index contributed by atoms with van der Waals surface area (Å²) in [7, 11) is 0. The maximum Gasteiger partial charge on any atom is 0.417 e. The molecule has 1 aromatic carbocycles. The summed E-state index contributed by atoms with van der Waals surface area (Å²) in [5.41, 5.74) is -2.26. The Labute approximate surface area is 154 Å². The molecule has 3 rings (SSSR count). The van der Waals surface area contributed by atoms with Crippen molar-refractivity contribution in [2.45, 2.75) is 16.8 Å². The normalized spacial score (nSPS) is 14.5. The number of benzene rings is 1. The van der Waals surface area contributed by atoms with Gasteiger partial charge in [0.25, 0.3) is 0 Å². The lowest BCUT2D eigenvalue weighted by Crippen LogP contribution is -2.12. The van der Waals surface area contributed by atoms with Crippen LogP contribution in [0.15, 0.2) is 40.8 Å². The summed E-state index contributed by atoms with van der Waals surface area (Å²) in [5.74, 6) is -1.83. The molecule has 0 fully saturated rings. The Bertz CT molecular complexity index is 897. The second-order valence-electron chi connectivity index (χ2n) is 5.28. The Kier molecular flexibility index (Phi) is 5.29. The highest BCUT2D eigenvalue weighted by molar-refractivity contribution is 8.02. The topological polar surface area (TPSA) is 50.2 Å². The number of rotatable bonds is 2. The lowest BCUT2D eigenvalue weighted by Gasteiger charge is -2.20. The van der Waals surface area contributed by atoms with E-state index in [4.69, 9.17) is 0 Å². The van der Waals surface area contributed by atoms with Crippen molar-refractivity contribution in [3.8, 4) is 11.1 Å². The number of aromatic nitrogens is 1. The number of nitrogens with zero attached hydrogens (tertiary/aromatic N) is 1. The van der Waals surface area contributed by atoms with Crippen molar-refractivity contribution in [2.24, 2.45) is 0 Å². The lowest BCUT2D eigenvalue weighted by atomic mass is 9.95. The molecule has 1 aromatic heterocycles. The Morgan fingerprint density at radius 2 is 2.00 bits per heavy atom. The van der Waals surface area contributed by atoms with Crippen LogP contribution in [0.4, 0.5) is 17.6 Å². The van der Waals surface area contributed by atoms with Gasteiger partial charge in [0.1, 0.15) is 5.82 Å². The van der Waals surface area contributed by atoms with Gasteiger partial charge in [-0.3, -0.25) is 4.98 Å². The molecule has 0 spiro atoms. The zero-order valence-corrected chi connectivity index (χ0v) is 14.6. The van der Waals surface area contributed by atoms with Gasteiger partial charge >= 0.3 is 12.1 Å². The van der Waals surface area contributed by atoms with Crippen LogP contribution in [0.3, 0.4) is 0 Å². The van der Waals surface area contributed by atoms with Crippen molar-refractivity contribution >= 4 is 29.5 Å². The molecule has 136 valence electrons. The van der Waals surface area contributed by atoms with Gasteiger partial charge in [0.2, 0.25) is 0 Å². The van der Waals surface area contributed by atoms with Gasteiger partial charge < -0.3 is 5.11 Å². The summed E-state index contributed by atoms with van der Waals surface area (Å²) in [4.78, 5) is 16.0. The number of pyridine rings is 1. The summed E-state index contributed by atoms with van der Waals surface area (Å²) in [5, 5.41) is 11.3. The number of fused-ring (bicyclic) bond motifs is 1. The SMILES string of the molecule is O=C(O)c1cnc2c(c1-c1c(F)cccc1C(F)(F)F)SCC=CSC2. The standard InChI is InChI=1S/C17H11F4NO2S2/c18-11-4-1-3-10(17(19,20)21)14(11)13-9(16(23)24)7-22-12-8-25-5-2-6-26-15(12)13/h1-5,7H,6,8H2,(H,23,24). The van der Waals surface area contributed by atoms with Gasteiger partial charge in [-0.05, 0) is 17.5 Å². The highest BCUT2D eigenvalue weighted by Crippen LogP contribution is 2.45. The van der Waals surface area contributed by atoms with Crippen LogP contribution in [-0.2, 0) is 11.9 Å². The van der Waals surface area contributed by atoms with Crippen LogP contribution in [0.2, 0.25) is 0 Å². The predicted octanol–water partition coefficient (Wildman–Crippen LogP) is 5.46. The fourth-order valence-electron chi connectivity index (χ4n) is 2.58. The highest BCUT2D eigenvalue weighted by Gasteiger charge is 2.37. The molecule has 9 heteroatoms. The molecule has 2 aromatic rings. The monoisotopic (exact) mass is 401 g/mol. The Balaban J connectivity index is 2.38. The zero-order valence-electron chi connectivity index (χ0n) is 13.0. The molecule has 26 heavy (non-hydrogen) atoms. The first-order chi connectivity index (χ1) is 12.3. The van der Waals surface area contributed by atoms with Gasteiger partial charge in [-0.1, -0.05) is 12.1 Å². The summed E-state index contributed by atoms with van der Waals surface area (Å²) in [6.45, 7) is 0. The third-order valence-electron chi connectivity index (χ3n) is 3.64. The van der Waals surface area contributed by atoms with Gasteiger partial charge in [-0.25, -0.2) is 9.18 Å². The molecule has 0 aliphatic carbocycles.